The van der Waals surface area contributed by atoms with E-state index in [1.807, 2.05) is 37.3 Å². The van der Waals surface area contributed by atoms with Crippen LogP contribution in [0.1, 0.15) is 34.6 Å². The maximum absolute atomic E-state index is 12.0. The van der Waals surface area contributed by atoms with Crippen LogP contribution in [0.15, 0.2) is 47.1 Å². The van der Waals surface area contributed by atoms with Crippen molar-refractivity contribution in [1.82, 2.24) is 5.32 Å². The summed E-state index contributed by atoms with van der Waals surface area (Å²) in [4.78, 5) is 12.0. The maximum Gasteiger partial charge on any atom is 0.251 e. The molecule has 0 fully saturated rings. The van der Waals surface area contributed by atoms with Crippen molar-refractivity contribution in [2.75, 3.05) is 6.54 Å². The van der Waals surface area contributed by atoms with Crippen LogP contribution in [0, 0.1) is 0 Å². The largest absolute Gasteiger partial charge is 0.467 e. The predicted octanol–water partition coefficient (Wildman–Crippen LogP) is 2.27. The fraction of sp³-hybridized carbons (Fsp3) is 0.267. The van der Waals surface area contributed by atoms with Gasteiger partial charge in [-0.25, -0.2) is 0 Å². The van der Waals surface area contributed by atoms with Gasteiger partial charge >= 0.3 is 0 Å². The molecule has 1 atom stereocenters. The molecule has 1 aromatic carbocycles. The molecule has 19 heavy (non-hydrogen) atoms. The quantitative estimate of drug-likeness (QED) is 0.864. The zero-order chi connectivity index (χ0) is 13.7. The van der Waals surface area contributed by atoms with Gasteiger partial charge < -0.3 is 15.5 Å². The van der Waals surface area contributed by atoms with E-state index in [0.29, 0.717) is 12.1 Å². The topological polar surface area (TPSA) is 68.3 Å². The van der Waals surface area contributed by atoms with E-state index < -0.39 is 0 Å². The Kier molecular flexibility index (Phi) is 4.36. The normalized spacial score (nSPS) is 12.1. The van der Waals surface area contributed by atoms with Crippen molar-refractivity contribution in [2.24, 2.45) is 5.73 Å². The molecule has 0 spiro atoms. The van der Waals surface area contributed by atoms with Gasteiger partial charge in [-0.1, -0.05) is 12.1 Å². The van der Waals surface area contributed by atoms with E-state index in [2.05, 4.69) is 5.32 Å². The third-order valence-corrected chi connectivity index (χ3v) is 2.97. The summed E-state index contributed by atoms with van der Waals surface area (Å²) >= 11 is 0. The van der Waals surface area contributed by atoms with Crippen LogP contribution in [-0.4, -0.2) is 12.5 Å². The molecule has 4 heteroatoms. The van der Waals surface area contributed by atoms with Gasteiger partial charge in [-0.15, -0.1) is 0 Å². The molecule has 0 aliphatic carbocycles. The average molecular weight is 258 g/mol. The van der Waals surface area contributed by atoms with Crippen LogP contribution < -0.4 is 11.1 Å². The number of carbonyl (C=O) groups excluding carboxylic acids is 1. The van der Waals surface area contributed by atoms with E-state index >= 15 is 0 Å². The first-order valence-corrected chi connectivity index (χ1v) is 6.34. The Hall–Kier alpha value is -2.07. The van der Waals surface area contributed by atoms with Crippen molar-refractivity contribution < 1.29 is 9.21 Å². The minimum Gasteiger partial charge on any atom is -0.467 e. The van der Waals surface area contributed by atoms with Crippen molar-refractivity contribution in [3.63, 3.8) is 0 Å². The minimum atomic E-state index is -0.147. The fourth-order valence-electron chi connectivity index (χ4n) is 1.88. The first kappa shape index (κ1) is 13.4. The lowest BCUT2D eigenvalue weighted by atomic mass is 10.1. The summed E-state index contributed by atoms with van der Waals surface area (Å²) in [6, 6.07) is 11.0. The van der Waals surface area contributed by atoms with Gasteiger partial charge in [-0.05, 0) is 49.7 Å². The molecule has 0 aliphatic rings. The third-order valence-electron chi connectivity index (χ3n) is 2.97. The van der Waals surface area contributed by atoms with Gasteiger partial charge in [0.05, 0.1) is 12.3 Å². The lowest BCUT2D eigenvalue weighted by molar-refractivity contribution is 0.0935. The standard InChI is InChI=1S/C15H18N2O2/c1-11(14-3-2-10-19-14)17-15(18)13-6-4-12(5-7-13)8-9-16/h2-7,10-11H,8-9,16H2,1H3,(H,17,18). The summed E-state index contributed by atoms with van der Waals surface area (Å²) in [5.74, 6) is 0.635. The number of benzene rings is 1. The highest BCUT2D eigenvalue weighted by Gasteiger charge is 2.13. The third kappa shape index (κ3) is 3.45. The Bertz CT molecular complexity index is 518. The van der Waals surface area contributed by atoms with E-state index in [4.69, 9.17) is 10.2 Å². The summed E-state index contributed by atoms with van der Waals surface area (Å²) in [7, 11) is 0. The fourth-order valence-corrected chi connectivity index (χ4v) is 1.88. The van der Waals surface area contributed by atoms with Gasteiger partial charge in [0.2, 0.25) is 0 Å². The number of carbonyl (C=O) groups is 1. The summed E-state index contributed by atoms with van der Waals surface area (Å²) in [6.45, 7) is 2.50. The second kappa shape index (κ2) is 6.20. The number of rotatable bonds is 5. The second-order valence-corrected chi connectivity index (χ2v) is 4.45. The van der Waals surface area contributed by atoms with E-state index in [0.717, 1.165) is 17.7 Å². The monoisotopic (exact) mass is 258 g/mol. The van der Waals surface area contributed by atoms with Crippen molar-refractivity contribution in [2.45, 2.75) is 19.4 Å². The van der Waals surface area contributed by atoms with E-state index in [9.17, 15) is 4.79 Å². The van der Waals surface area contributed by atoms with Crippen LogP contribution in [0.4, 0.5) is 0 Å². The van der Waals surface area contributed by atoms with Crippen LogP contribution in [0.25, 0.3) is 0 Å². The second-order valence-electron chi connectivity index (χ2n) is 4.45. The summed E-state index contributed by atoms with van der Waals surface area (Å²) in [5.41, 5.74) is 7.26. The molecule has 3 N–H and O–H groups in total. The Labute approximate surface area is 112 Å². The molecule has 0 saturated carbocycles. The molecular weight excluding hydrogens is 240 g/mol. The van der Waals surface area contributed by atoms with Crippen molar-refractivity contribution in [3.8, 4) is 0 Å². The number of nitrogens with one attached hydrogen (secondary N) is 1. The smallest absolute Gasteiger partial charge is 0.251 e. The lowest BCUT2D eigenvalue weighted by Crippen LogP contribution is -2.26. The van der Waals surface area contributed by atoms with Crippen LogP contribution in [-0.2, 0) is 6.42 Å². The van der Waals surface area contributed by atoms with Crippen LogP contribution in [0.2, 0.25) is 0 Å². The zero-order valence-electron chi connectivity index (χ0n) is 10.9. The SMILES string of the molecule is CC(NC(=O)c1ccc(CCN)cc1)c1ccco1. The summed E-state index contributed by atoms with van der Waals surface area (Å²) < 4.78 is 5.25. The number of nitrogens with two attached hydrogens (primary N) is 1. The van der Waals surface area contributed by atoms with Crippen LogP contribution >= 0.6 is 0 Å². The first-order chi connectivity index (χ1) is 9.20. The predicted molar refractivity (Wildman–Crippen MR) is 73.8 cm³/mol. The highest BCUT2D eigenvalue weighted by molar-refractivity contribution is 5.94. The molecular formula is C15H18N2O2. The Morgan fingerprint density at radius 3 is 2.63 bits per heavy atom. The van der Waals surface area contributed by atoms with Gasteiger partial charge in [-0.3, -0.25) is 4.79 Å². The highest BCUT2D eigenvalue weighted by atomic mass is 16.3. The molecule has 0 bridgehead atoms. The minimum absolute atomic E-state index is 0.108. The van der Waals surface area contributed by atoms with Crippen molar-refractivity contribution in [1.29, 1.82) is 0 Å². The maximum atomic E-state index is 12.0. The molecule has 1 amide bonds. The first-order valence-electron chi connectivity index (χ1n) is 6.34. The molecule has 1 aromatic heterocycles. The molecule has 0 aliphatic heterocycles. The Balaban J connectivity index is 1.99. The van der Waals surface area contributed by atoms with Gasteiger partial charge in [0.25, 0.3) is 5.91 Å². The number of furan rings is 1. The van der Waals surface area contributed by atoms with Gasteiger partial charge in [0, 0.05) is 5.56 Å². The van der Waals surface area contributed by atoms with Gasteiger partial charge in [0.1, 0.15) is 5.76 Å². The van der Waals surface area contributed by atoms with Crippen molar-refractivity contribution >= 4 is 5.91 Å². The summed E-state index contributed by atoms with van der Waals surface area (Å²) in [6.07, 6.45) is 2.42. The molecule has 0 saturated heterocycles. The zero-order valence-corrected chi connectivity index (χ0v) is 10.9. The highest BCUT2D eigenvalue weighted by Crippen LogP contribution is 2.13. The summed E-state index contributed by atoms with van der Waals surface area (Å²) in [5, 5.41) is 2.89. The van der Waals surface area contributed by atoms with Crippen molar-refractivity contribution in [3.05, 3.63) is 59.5 Å². The van der Waals surface area contributed by atoms with E-state index in [1.165, 1.54) is 0 Å². The molecule has 1 unspecified atom stereocenters. The number of hydrogen-bond acceptors (Lipinski definition) is 3. The molecule has 1 heterocycles. The Morgan fingerprint density at radius 1 is 1.32 bits per heavy atom. The molecule has 2 aromatic rings. The number of amides is 1. The molecule has 0 radical (unpaired) electrons. The van der Waals surface area contributed by atoms with Crippen LogP contribution in [0.5, 0.6) is 0 Å². The lowest BCUT2D eigenvalue weighted by Gasteiger charge is -2.11. The average Bonchev–Trinajstić information content (AvgIpc) is 2.94. The Morgan fingerprint density at radius 2 is 2.05 bits per heavy atom. The van der Waals surface area contributed by atoms with Gasteiger partial charge in [0.15, 0.2) is 0 Å². The van der Waals surface area contributed by atoms with E-state index in [1.54, 1.807) is 12.3 Å². The number of hydrogen-bond donors (Lipinski definition) is 2. The molecule has 100 valence electrons. The van der Waals surface area contributed by atoms with E-state index in [-0.39, 0.29) is 11.9 Å². The molecule has 4 nitrogen and oxygen atoms in total. The molecule has 2 rings (SSSR count). The van der Waals surface area contributed by atoms with Gasteiger partial charge in [-0.2, -0.15) is 0 Å². The van der Waals surface area contributed by atoms with Crippen LogP contribution in [0.3, 0.4) is 0 Å².